The highest BCUT2D eigenvalue weighted by atomic mass is 32.2. The zero-order valence-electron chi connectivity index (χ0n) is 18.6. The molecular weight excluding hydrogens is 470 g/mol. The standard InChI is InChI=1S/C25H23N3O4S2/c1-17-24(33-25(26-17)27-23(29)15-18-9-5-3-6-10-18)19-13-14-22(32-2)21(16-19)28-34(30,31)20-11-7-4-8-12-20/h3-14,16,28H,15H2,1-2H3,(H,26,27,29). The van der Waals surface area contributed by atoms with Crippen molar-refractivity contribution in [3.05, 3.63) is 90.1 Å². The summed E-state index contributed by atoms with van der Waals surface area (Å²) in [6.07, 6.45) is 0.253. The fourth-order valence-corrected chi connectivity index (χ4v) is 5.46. The highest BCUT2D eigenvalue weighted by Crippen LogP contribution is 2.37. The first-order valence-corrected chi connectivity index (χ1v) is 12.7. The average molecular weight is 494 g/mol. The molecule has 0 unspecified atom stereocenters. The smallest absolute Gasteiger partial charge is 0.262 e. The van der Waals surface area contributed by atoms with E-state index >= 15 is 0 Å². The molecule has 1 aromatic heterocycles. The number of carbonyl (C=O) groups is 1. The van der Waals surface area contributed by atoms with Crippen LogP contribution in [0.1, 0.15) is 11.3 Å². The summed E-state index contributed by atoms with van der Waals surface area (Å²) in [5, 5.41) is 3.33. The summed E-state index contributed by atoms with van der Waals surface area (Å²) in [6.45, 7) is 1.84. The van der Waals surface area contributed by atoms with Crippen molar-refractivity contribution in [3.8, 4) is 16.2 Å². The zero-order chi connectivity index (χ0) is 24.1. The molecule has 0 saturated carbocycles. The minimum atomic E-state index is -3.79. The second kappa shape index (κ2) is 10.1. The van der Waals surface area contributed by atoms with Crippen LogP contribution >= 0.6 is 11.3 Å². The molecule has 0 bridgehead atoms. The summed E-state index contributed by atoms with van der Waals surface area (Å²) in [4.78, 5) is 17.9. The predicted molar refractivity (Wildman–Crippen MR) is 135 cm³/mol. The number of carbonyl (C=O) groups excluding carboxylic acids is 1. The number of aromatic nitrogens is 1. The minimum Gasteiger partial charge on any atom is -0.495 e. The van der Waals surface area contributed by atoms with Crippen molar-refractivity contribution in [1.82, 2.24) is 4.98 Å². The Morgan fingerprint density at radius 3 is 2.35 bits per heavy atom. The molecule has 0 aliphatic rings. The Hall–Kier alpha value is -3.69. The van der Waals surface area contributed by atoms with Crippen molar-refractivity contribution in [2.75, 3.05) is 17.1 Å². The lowest BCUT2D eigenvalue weighted by molar-refractivity contribution is -0.115. The topological polar surface area (TPSA) is 97.4 Å². The molecule has 0 atom stereocenters. The van der Waals surface area contributed by atoms with E-state index in [0.717, 1.165) is 21.7 Å². The van der Waals surface area contributed by atoms with E-state index in [1.54, 1.807) is 30.3 Å². The summed E-state index contributed by atoms with van der Waals surface area (Å²) < 4.78 is 33.7. The number of amides is 1. The lowest BCUT2D eigenvalue weighted by Gasteiger charge is -2.13. The Morgan fingerprint density at radius 1 is 1.00 bits per heavy atom. The zero-order valence-corrected chi connectivity index (χ0v) is 20.2. The van der Waals surface area contributed by atoms with E-state index in [1.807, 2.05) is 43.3 Å². The monoisotopic (exact) mass is 493 g/mol. The van der Waals surface area contributed by atoms with Crippen LogP contribution < -0.4 is 14.8 Å². The van der Waals surface area contributed by atoms with Gasteiger partial charge in [0.25, 0.3) is 10.0 Å². The Kier molecular flexibility index (Phi) is 6.95. The number of sulfonamides is 1. The number of ether oxygens (including phenoxy) is 1. The maximum atomic E-state index is 12.8. The molecule has 4 aromatic rings. The number of benzene rings is 3. The van der Waals surface area contributed by atoms with Gasteiger partial charge in [-0.15, -0.1) is 0 Å². The van der Waals surface area contributed by atoms with E-state index in [1.165, 1.54) is 30.6 Å². The van der Waals surface area contributed by atoms with Crippen molar-refractivity contribution in [1.29, 1.82) is 0 Å². The van der Waals surface area contributed by atoms with Crippen molar-refractivity contribution in [2.45, 2.75) is 18.2 Å². The Bertz CT molecular complexity index is 1400. The van der Waals surface area contributed by atoms with Crippen molar-refractivity contribution >= 4 is 38.1 Å². The van der Waals surface area contributed by atoms with E-state index in [4.69, 9.17) is 4.74 Å². The number of nitrogens with one attached hydrogen (secondary N) is 2. The largest absolute Gasteiger partial charge is 0.495 e. The van der Waals surface area contributed by atoms with Crippen LogP contribution in [-0.2, 0) is 21.2 Å². The lowest BCUT2D eigenvalue weighted by Crippen LogP contribution is -2.14. The van der Waals surface area contributed by atoms with E-state index in [0.29, 0.717) is 16.6 Å². The molecule has 7 nitrogen and oxygen atoms in total. The number of hydrogen-bond acceptors (Lipinski definition) is 6. The molecule has 2 N–H and O–H groups in total. The molecule has 1 heterocycles. The van der Waals surface area contributed by atoms with Crippen LogP contribution in [0.5, 0.6) is 5.75 Å². The fraction of sp³-hybridized carbons (Fsp3) is 0.120. The molecule has 3 aromatic carbocycles. The van der Waals surface area contributed by atoms with Gasteiger partial charge >= 0.3 is 0 Å². The maximum absolute atomic E-state index is 12.8. The van der Waals surface area contributed by atoms with Gasteiger partial charge in [-0.1, -0.05) is 59.9 Å². The quantitative estimate of drug-likeness (QED) is 0.356. The molecule has 0 radical (unpaired) electrons. The van der Waals surface area contributed by atoms with Crippen LogP contribution in [0.2, 0.25) is 0 Å². The minimum absolute atomic E-state index is 0.153. The van der Waals surface area contributed by atoms with Gasteiger partial charge < -0.3 is 10.1 Å². The first kappa shape index (κ1) is 23.5. The highest BCUT2D eigenvalue weighted by molar-refractivity contribution is 7.92. The first-order valence-electron chi connectivity index (χ1n) is 10.4. The number of nitrogens with zero attached hydrogens (tertiary/aromatic N) is 1. The van der Waals surface area contributed by atoms with Crippen LogP contribution in [0.3, 0.4) is 0 Å². The third kappa shape index (κ3) is 5.44. The van der Waals surface area contributed by atoms with Crippen LogP contribution in [0.15, 0.2) is 83.8 Å². The van der Waals surface area contributed by atoms with Gasteiger partial charge in [0.05, 0.1) is 34.7 Å². The van der Waals surface area contributed by atoms with Gasteiger partial charge in [0.2, 0.25) is 5.91 Å². The van der Waals surface area contributed by atoms with Crippen molar-refractivity contribution in [3.63, 3.8) is 0 Å². The van der Waals surface area contributed by atoms with Crippen LogP contribution in [-0.4, -0.2) is 26.4 Å². The number of aryl methyl sites for hydroxylation is 1. The highest BCUT2D eigenvalue weighted by Gasteiger charge is 2.19. The number of rotatable bonds is 8. The predicted octanol–water partition coefficient (Wildman–Crippen LogP) is 5.11. The Balaban J connectivity index is 1.58. The lowest BCUT2D eigenvalue weighted by atomic mass is 10.1. The van der Waals surface area contributed by atoms with Crippen molar-refractivity contribution < 1.29 is 17.9 Å². The maximum Gasteiger partial charge on any atom is 0.262 e. The number of methoxy groups -OCH3 is 1. The molecule has 0 spiro atoms. The molecule has 0 aliphatic heterocycles. The van der Waals surface area contributed by atoms with Gasteiger partial charge in [-0.2, -0.15) is 0 Å². The SMILES string of the molecule is COc1ccc(-c2sc(NC(=O)Cc3ccccc3)nc2C)cc1NS(=O)(=O)c1ccccc1. The molecular formula is C25H23N3O4S2. The summed E-state index contributed by atoms with van der Waals surface area (Å²) in [7, 11) is -2.31. The first-order chi connectivity index (χ1) is 16.4. The normalized spacial score (nSPS) is 11.1. The summed E-state index contributed by atoms with van der Waals surface area (Å²) in [5.74, 6) is 0.236. The molecule has 9 heteroatoms. The van der Waals surface area contributed by atoms with Gasteiger partial charge in [0.1, 0.15) is 5.75 Å². The van der Waals surface area contributed by atoms with Gasteiger partial charge in [-0.05, 0) is 48.4 Å². The average Bonchev–Trinajstić information content (AvgIpc) is 3.19. The molecule has 0 saturated heterocycles. The molecule has 4 rings (SSSR count). The van der Waals surface area contributed by atoms with E-state index < -0.39 is 10.0 Å². The number of thiazole rings is 1. The molecule has 34 heavy (non-hydrogen) atoms. The number of anilines is 2. The fourth-order valence-electron chi connectivity index (χ4n) is 3.39. The molecule has 174 valence electrons. The second-order valence-electron chi connectivity index (χ2n) is 7.48. The Morgan fingerprint density at radius 2 is 1.68 bits per heavy atom. The van der Waals surface area contributed by atoms with Gasteiger partial charge in [-0.3, -0.25) is 9.52 Å². The van der Waals surface area contributed by atoms with E-state index in [9.17, 15) is 13.2 Å². The van der Waals surface area contributed by atoms with Gasteiger partial charge in [-0.25, -0.2) is 13.4 Å². The summed E-state index contributed by atoms with van der Waals surface area (Å²) in [5.41, 5.74) is 2.71. The molecule has 1 amide bonds. The van der Waals surface area contributed by atoms with Crippen LogP contribution in [0.4, 0.5) is 10.8 Å². The van der Waals surface area contributed by atoms with E-state index in [-0.39, 0.29) is 17.2 Å². The third-order valence-electron chi connectivity index (χ3n) is 5.01. The van der Waals surface area contributed by atoms with Gasteiger partial charge in [0, 0.05) is 0 Å². The van der Waals surface area contributed by atoms with Crippen LogP contribution in [0, 0.1) is 6.92 Å². The molecule has 0 fully saturated rings. The summed E-state index contributed by atoms with van der Waals surface area (Å²) in [6, 6.07) is 22.8. The second-order valence-corrected chi connectivity index (χ2v) is 10.2. The third-order valence-corrected chi connectivity index (χ3v) is 7.51. The molecule has 0 aliphatic carbocycles. The number of hydrogen-bond donors (Lipinski definition) is 2. The van der Waals surface area contributed by atoms with Crippen molar-refractivity contribution in [2.24, 2.45) is 0 Å². The Labute approximate surface area is 202 Å². The van der Waals surface area contributed by atoms with Crippen LogP contribution in [0.25, 0.3) is 10.4 Å². The van der Waals surface area contributed by atoms with E-state index in [2.05, 4.69) is 15.0 Å². The summed E-state index contributed by atoms with van der Waals surface area (Å²) >= 11 is 1.33. The van der Waals surface area contributed by atoms with Gasteiger partial charge in [0.15, 0.2) is 5.13 Å².